The number of ether oxygens (including phenoxy) is 2. The molecule has 1 aliphatic heterocycles. The standard InChI is InChI=1S/C25H31N3O4/c1-31-25-16-19(8-9-26-25)21-6-7-24(23-5-3-2-4-22(21)23)32-18-20(30)17-28-12-10-27(11-13-28)14-15-29/h2-9,16,20,29-30H,10-15,17-18H2,1H3. The lowest BCUT2D eigenvalue weighted by Crippen LogP contribution is -2.49. The van der Waals surface area contributed by atoms with Crippen molar-refractivity contribution in [3.8, 4) is 22.8 Å². The van der Waals surface area contributed by atoms with Crippen LogP contribution in [0, 0.1) is 0 Å². The molecule has 3 aromatic rings. The largest absolute Gasteiger partial charge is 0.490 e. The summed E-state index contributed by atoms with van der Waals surface area (Å²) in [6.45, 7) is 5.35. The zero-order chi connectivity index (χ0) is 22.3. The molecule has 1 atom stereocenters. The molecule has 2 heterocycles. The van der Waals surface area contributed by atoms with Crippen molar-refractivity contribution in [1.82, 2.24) is 14.8 Å². The molecule has 0 spiro atoms. The molecule has 0 amide bonds. The Morgan fingerprint density at radius 2 is 1.75 bits per heavy atom. The second-order valence-electron chi connectivity index (χ2n) is 8.07. The predicted octanol–water partition coefficient (Wildman–Crippen LogP) is 2.26. The number of pyridine rings is 1. The molecule has 1 saturated heterocycles. The Balaban J connectivity index is 1.43. The van der Waals surface area contributed by atoms with Crippen LogP contribution < -0.4 is 9.47 Å². The fourth-order valence-electron chi connectivity index (χ4n) is 4.21. The van der Waals surface area contributed by atoms with E-state index < -0.39 is 6.10 Å². The third kappa shape index (κ3) is 5.37. The van der Waals surface area contributed by atoms with Gasteiger partial charge in [0.2, 0.25) is 5.88 Å². The molecule has 0 aliphatic carbocycles. The first-order valence-corrected chi connectivity index (χ1v) is 11.1. The van der Waals surface area contributed by atoms with Gasteiger partial charge in [0.15, 0.2) is 0 Å². The number of β-amino-alcohol motifs (C(OH)–C–C–N with tert-alkyl or cyclic N) is 2. The molecule has 1 aromatic heterocycles. The molecule has 2 aromatic carbocycles. The van der Waals surface area contributed by atoms with Gasteiger partial charge >= 0.3 is 0 Å². The van der Waals surface area contributed by atoms with E-state index in [1.807, 2.05) is 42.5 Å². The monoisotopic (exact) mass is 437 g/mol. The van der Waals surface area contributed by atoms with E-state index in [2.05, 4.69) is 20.9 Å². The molecule has 1 fully saturated rings. The molecule has 1 unspecified atom stereocenters. The summed E-state index contributed by atoms with van der Waals surface area (Å²) in [5.41, 5.74) is 2.11. The fourth-order valence-corrected chi connectivity index (χ4v) is 4.21. The van der Waals surface area contributed by atoms with E-state index in [0.717, 1.165) is 60.4 Å². The summed E-state index contributed by atoms with van der Waals surface area (Å²) < 4.78 is 11.3. The highest BCUT2D eigenvalue weighted by Crippen LogP contribution is 2.35. The summed E-state index contributed by atoms with van der Waals surface area (Å²) in [4.78, 5) is 8.69. The third-order valence-electron chi connectivity index (χ3n) is 5.92. The summed E-state index contributed by atoms with van der Waals surface area (Å²) in [6.07, 6.45) is 1.18. The maximum Gasteiger partial charge on any atom is 0.213 e. The van der Waals surface area contributed by atoms with E-state index in [1.54, 1.807) is 13.3 Å². The minimum atomic E-state index is -0.567. The number of benzene rings is 2. The van der Waals surface area contributed by atoms with Crippen molar-refractivity contribution in [2.45, 2.75) is 6.10 Å². The topological polar surface area (TPSA) is 78.3 Å². The Labute approximate surface area is 188 Å². The van der Waals surface area contributed by atoms with Gasteiger partial charge in [-0.15, -0.1) is 0 Å². The summed E-state index contributed by atoms with van der Waals surface area (Å²) in [5, 5.41) is 21.7. The van der Waals surface area contributed by atoms with Crippen molar-refractivity contribution in [3.63, 3.8) is 0 Å². The first-order chi connectivity index (χ1) is 15.7. The normalized spacial score (nSPS) is 16.2. The van der Waals surface area contributed by atoms with E-state index in [1.165, 1.54) is 0 Å². The maximum absolute atomic E-state index is 10.6. The minimum absolute atomic E-state index is 0.192. The van der Waals surface area contributed by atoms with E-state index in [4.69, 9.17) is 14.6 Å². The number of aromatic nitrogens is 1. The number of piperazine rings is 1. The van der Waals surface area contributed by atoms with E-state index >= 15 is 0 Å². The summed E-state index contributed by atoms with van der Waals surface area (Å²) in [5.74, 6) is 1.34. The van der Waals surface area contributed by atoms with Crippen LogP contribution >= 0.6 is 0 Å². The SMILES string of the molecule is COc1cc(-c2ccc(OCC(O)CN3CCN(CCO)CC3)c3ccccc23)ccn1. The Morgan fingerprint density at radius 1 is 1.00 bits per heavy atom. The van der Waals surface area contributed by atoms with Crippen molar-refractivity contribution in [1.29, 1.82) is 0 Å². The van der Waals surface area contributed by atoms with E-state index in [-0.39, 0.29) is 13.2 Å². The van der Waals surface area contributed by atoms with Crippen LogP contribution in [0.4, 0.5) is 0 Å². The number of aliphatic hydroxyl groups excluding tert-OH is 2. The van der Waals surface area contributed by atoms with Gasteiger partial charge in [0.25, 0.3) is 0 Å². The van der Waals surface area contributed by atoms with Crippen molar-refractivity contribution in [2.24, 2.45) is 0 Å². The van der Waals surface area contributed by atoms with Crippen LogP contribution in [0.15, 0.2) is 54.7 Å². The lowest BCUT2D eigenvalue weighted by Gasteiger charge is -2.35. The molecule has 4 rings (SSSR count). The molecule has 0 bridgehead atoms. The van der Waals surface area contributed by atoms with Gasteiger partial charge in [0.05, 0.1) is 13.7 Å². The predicted molar refractivity (Wildman–Crippen MR) is 125 cm³/mol. The van der Waals surface area contributed by atoms with Gasteiger partial charge in [0.1, 0.15) is 18.5 Å². The molecule has 1 aliphatic rings. The lowest BCUT2D eigenvalue weighted by molar-refractivity contribution is 0.0432. The zero-order valence-corrected chi connectivity index (χ0v) is 18.5. The number of fused-ring (bicyclic) bond motifs is 1. The Hall–Kier alpha value is -2.71. The second kappa shape index (κ2) is 10.7. The van der Waals surface area contributed by atoms with Crippen LogP contribution in [-0.2, 0) is 0 Å². The summed E-state index contributed by atoms with van der Waals surface area (Å²) in [6, 6.07) is 16.0. The van der Waals surface area contributed by atoms with Crippen molar-refractivity contribution in [2.75, 3.05) is 59.6 Å². The van der Waals surface area contributed by atoms with Gasteiger partial charge < -0.3 is 19.7 Å². The molecule has 0 saturated carbocycles. The van der Waals surface area contributed by atoms with Crippen LogP contribution in [0.25, 0.3) is 21.9 Å². The smallest absolute Gasteiger partial charge is 0.213 e. The minimum Gasteiger partial charge on any atom is -0.490 e. The highest BCUT2D eigenvalue weighted by atomic mass is 16.5. The van der Waals surface area contributed by atoms with Crippen LogP contribution in [0.1, 0.15) is 0 Å². The van der Waals surface area contributed by atoms with Gasteiger partial charge in [-0.05, 0) is 28.6 Å². The number of hydrogen-bond acceptors (Lipinski definition) is 7. The molecule has 0 radical (unpaired) electrons. The molecule has 170 valence electrons. The van der Waals surface area contributed by atoms with E-state index in [0.29, 0.717) is 12.4 Å². The zero-order valence-electron chi connectivity index (χ0n) is 18.5. The molecular weight excluding hydrogens is 406 g/mol. The maximum atomic E-state index is 10.6. The number of hydrogen-bond donors (Lipinski definition) is 2. The molecule has 7 nitrogen and oxygen atoms in total. The lowest BCUT2D eigenvalue weighted by atomic mass is 9.98. The quantitative estimate of drug-likeness (QED) is 0.532. The van der Waals surface area contributed by atoms with Crippen molar-refractivity contribution in [3.05, 3.63) is 54.7 Å². The first kappa shape index (κ1) is 22.5. The van der Waals surface area contributed by atoms with E-state index in [9.17, 15) is 5.11 Å². The van der Waals surface area contributed by atoms with Crippen LogP contribution in [0.5, 0.6) is 11.6 Å². The highest BCUT2D eigenvalue weighted by Gasteiger charge is 2.19. The molecule has 2 N–H and O–H groups in total. The number of nitrogens with zero attached hydrogens (tertiary/aromatic N) is 3. The van der Waals surface area contributed by atoms with Crippen LogP contribution in [0.3, 0.4) is 0 Å². The Kier molecular flexibility index (Phi) is 7.55. The average molecular weight is 438 g/mol. The molecular formula is C25H31N3O4. The van der Waals surface area contributed by atoms with Gasteiger partial charge in [0, 0.05) is 56.9 Å². The Morgan fingerprint density at radius 3 is 2.50 bits per heavy atom. The fraction of sp³-hybridized carbons (Fsp3) is 0.400. The third-order valence-corrected chi connectivity index (χ3v) is 5.92. The van der Waals surface area contributed by atoms with Crippen LogP contribution in [-0.4, -0.2) is 90.7 Å². The van der Waals surface area contributed by atoms with Crippen molar-refractivity contribution < 1.29 is 19.7 Å². The Bertz CT molecular complexity index is 1020. The van der Waals surface area contributed by atoms with Gasteiger partial charge in [-0.25, -0.2) is 4.98 Å². The summed E-state index contributed by atoms with van der Waals surface area (Å²) in [7, 11) is 1.61. The van der Waals surface area contributed by atoms with Crippen molar-refractivity contribution >= 4 is 10.8 Å². The second-order valence-corrected chi connectivity index (χ2v) is 8.07. The van der Waals surface area contributed by atoms with Crippen LogP contribution in [0.2, 0.25) is 0 Å². The van der Waals surface area contributed by atoms with Gasteiger partial charge in [-0.1, -0.05) is 30.3 Å². The van der Waals surface area contributed by atoms with Gasteiger partial charge in [-0.3, -0.25) is 9.80 Å². The first-order valence-electron chi connectivity index (χ1n) is 11.1. The summed E-state index contributed by atoms with van der Waals surface area (Å²) >= 11 is 0. The van der Waals surface area contributed by atoms with Gasteiger partial charge in [-0.2, -0.15) is 0 Å². The number of aliphatic hydroxyl groups is 2. The average Bonchev–Trinajstić information content (AvgIpc) is 2.84. The highest BCUT2D eigenvalue weighted by molar-refractivity contribution is 6.00. The number of rotatable bonds is 9. The molecule has 32 heavy (non-hydrogen) atoms. The molecule has 7 heteroatoms. The number of methoxy groups -OCH3 is 1.